The van der Waals surface area contributed by atoms with Gasteiger partial charge in [0.25, 0.3) is 0 Å². The average molecular weight is 442 g/mol. The van der Waals surface area contributed by atoms with Gasteiger partial charge < -0.3 is 14.4 Å². The third kappa shape index (κ3) is 5.50. The van der Waals surface area contributed by atoms with E-state index in [4.69, 9.17) is 32.7 Å². The van der Waals surface area contributed by atoms with Crippen molar-refractivity contribution in [2.24, 2.45) is 0 Å². The van der Waals surface area contributed by atoms with E-state index < -0.39 is 5.97 Å². The predicted octanol–water partition coefficient (Wildman–Crippen LogP) is 3.54. The summed E-state index contributed by atoms with van der Waals surface area (Å²) in [6.07, 6.45) is 1.41. The summed E-state index contributed by atoms with van der Waals surface area (Å²) in [4.78, 5) is 27.0. The lowest BCUT2D eigenvalue weighted by atomic mass is 10.0. The molecule has 0 unspecified atom stereocenters. The van der Waals surface area contributed by atoms with E-state index >= 15 is 0 Å². The molecule has 0 saturated carbocycles. The van der Waals surface area contributed by atoms with Gasteiger partial charge in [-0.15, -0.1) is 0 Å². The van der Waals surface area contributed by atoms with Crippen LogP contribution in [0.4, 0.5) is 0 Å². The molecule has 0 spiro atoms. The first-order valence-corrected chi connectivity index (χ1v) is 9.91. The SMILES string of the molecule is CCn1ncc(C(=O)c2cc(C)c(Cl)c(C)c2Cl)c1OCC(=O)OCCN(C)C. The van der Waals surface area contributed by atoms with Crippen LogP contribution >= 0.6 is 23.2 Å². The van der Waals surface area contributed by atoms with Crippen LogP contribution in [-0.4, -0.2) is 60.3 Å². The Balaban J connectivity index is 2.24. The minimum atomic E-state index is -0.523. The van der Waals surface area contributed by atoms with Gasteiger partial charge in [0, 0.05) is 23.7 Å². The van der Waals surface area contributed by atoms with Crippen molar-refractivity contribution >= 4 is 35.0 Å². The van der Waals surface area contributed by atoms with Gasteiger partial charge in [0.15, 0.2) is 6.61 Å². The van der Waals surface area contributed by atoms with Crippen molar-refractivity contribution in [2.45, 2.75) is 27.3 Å². The number of hydrogen-bond acceptors (Lipinski definition) is 6. The molecule has 1 heterocycles. The topological polar surface area (TPSA) is 73.7 Å². The third-order valence-electron chi connectivity index (χ3n) is 4.31. The van der Waals surface area contributed by atoms with Gasteiger partial charge >= 0.3 is 5.97 Å². The lowest BCUT2D eigenvalue weighted by Gasteiger charge is -2.13. The first kappa shape index (κ1) is 23.2. The van der Waals surface area contributed by atoms with E-state index in [1.165, 1.54) is 10.9 Å². The van der Waals surface area contributed by atoms with Crippen molar-refractivity contribution in [3.8, 4) is 5.88 Å². The molecule has 29 heavy (non-hydrogen) atoms. The number of nitrogens with zero attached hydrogens (tertiary/aromatic N) is 3. The van der Waals surface area contributed by atoms with Gasteiger partial charge in [-0.1, -0.05) is 23.2 Å². The quantitative estimate of drug-likeness (QED) is 0.437. The maximum atomic E-state index is 13.1. The molecule has 0 N–H and O–H groups in total. The number of ketones is 1. The summed E-state index contributed by atoms with van der Waals surface area (Å²) in [7, 11) is 3.76. The normalized spacial score (nSPS) is 11.0. The van der Waals surface area contributed by atoms with E-state index in [9.17, 15) is 9.59 Å². The molecule has 2 aromatic rings. The first-order valence-electron chi connectivity index (χ1n) is 9.16. The second kappa shape index (κ2) is 10.1. The number of benzene rings is 1. The Morgan fingerprint density at radius 2 is 1.86 bits per heavy atom. The molecule has 0 aliphatic carbocycles. The summed E-state index contributed by atoms with van der Waals surface area (Å²) >= 11 is 12.6. The molecule has 7 nitrogen and oxygen atoms in total. The zero-order chi connectivity index (χ0) is 21.7. The number of carbonyl (C=O) groups is 2. The summed E-state index contributed by atoms with van der Waals surface area (Å²) in [5, 5.41) is 4.98. The highest BCUT2D eigenvalue weighted by Gasteiger charge is 2.24. The molecule has 1 aromatic carbocycles. The number of aromatic nitrogens is 2. The average Bonchev–Trinajstić information content (AvgIpc) is 3.09. The van der Waals surface area contributed by atoms with E-state index in [-0.39, 0.29) is 35.5 Å². The van der Waals surface area contributed by atoms with Crippen molar-refractivity contribution in [1.29, 1.82) is 0 Å². The Kier molecular flexibility index (Phi) is 8.07. The van der Waals surface area contributed by atoms with Gasteiger partial charge in [-0.2, -0.15) is 5.10 Å². The van der Waals surface area contributed by atoms with E-state index in [0.29, 0.717) is 29.2 Å². The number of likely N-dealkylation sites (N-methyl/N-ethyl adjacent to an activating group) is 1. The van der Waals surface area contributed by atoms with Crippen LogP contribution in [0.15, 0.2) is 12.3 Å². The molecule has 0 atom stereocenters. The fourth-order valence-corrected chi connectivity index (χ4v) is 3.10. The lowest BCUT2D eigenvalue weighted by Crippen LogP contribution is -2.23. The fraction of sp³-hybridized carbons (Fsp3) is 0.450. The molecule has 0 aliphatic heterocycles. The Morgan fingerprint density at radius 3 is 2.48 bits per heavy atom. The number of aryl methyl sites for hydroxylation is 2. The molecule has 0 bridgehead atoms. The maximum absolute atomic E-state index is 13.1. The van der Waals surface area contributed by atoms with E-state index in [2.05, 4.69) is 5.10 Å². The smallest absolute Gasteiger partial charge is 0.344 e. The Labute approximate surface area is 180 Å². The zero-order valence-corrected chi connectivity index (χ0v) is 18.7. The van der Waals surface area contributed by atoms with Crippen LogP contribution in [0.2, 0.25) is 10.0 Å². The Hall–Kier alpha value is -2.09. The number of ether oxygens (including phenoxy) is 2. The number of esters is 1. The van der Waals surface area contributed by atoms with Crippen molar-refractivity contribution in [3.05, 3.63) is 44.6 Å². The Bertz CT molecular complexity index is 910. The third-order valence-corrected chi connectivity index (χ3v) is 5.38. The Morgan fingerprint density at radius 1 is 1.17 bits per heavy atom. The summed E-state index contributed by atoms with van der Waals surface area (Å²) in [6, 6.07) is 1.64. The van der Waals surface area contributed by atoms with Crippen LogP contribution < -0.4 is 4.74 Å². The summed E-state index contributed by atoms with van der Waals surface area (Å²) in [5.74, 6) is -0.678. The van der Waals surface area contributed by atoms with Crippen LogP contribution in [0, 0.1) is 13.8 Å². The number of carbonyl (C=O) groups excluding carboxylic acids is 2. The second-order valence-electron chi connectivity index (χ2n) is 6.81. The van der Waals surface area contributed by atoms with Crippen molar-refractivity contribution in [3.63, 3.8) is 0 Å². The standard InChI is InChI=1S/C20H25Cl2N3O4/c1-6-25-20(29-11-16(26)28-8-7-24(4)5)15(10-23-25)19(27)14-9-12(2)17(21)13(3)18(14)22/h9-10H,6-8,11H2,1-5H3. The van der Waals surface area contributed by atoms with Crippen LogP contribution in [-0.2, 0) is 16.1 Å². The maximum Gasteiger partial charge on any atom is 0.344 e. The van der Waals surface area contributed by atoms with Crippen molar-refractivity contribution < 1.29 is 19.1 Å². The molecule has 2 rings (SSSR count). The molecule has 1 aromatic heterocycles. The van der Waals surface area contributed by atoms with Crippen LogP contribution in [0.25, 0.3) is 0 Å². The summed E-state index contributed by atoms with van der Waals surface area (Å²) < 4.78 is 12.2. The first-order chi connectivity index (χ1) is 13.7. The van der Waals surface area contributed by atoms with Gasteiger partial charge in [-0.3, -0.25) is 4.79 Å². The van der Waals surface area contributed by atoms with Crippen LogP contribution in [0.1, 0.15) is 34.0 Å². The molecule has 0 amide bonds. The molecule has 158 valence electrons. The molecule has 0 radical (unpaired) electrons. The minimum absolute atomic E-state index is 0.198. The molecule has 0 fully saturated rings. The van der Waals surface area contributed by atoms with Crippen molar-refractivity contribution in [2.75, 3.05) is 33.9 Å². The largest absolute Gasteiger partial charge is 0.465 e. The lowest BCUT2D eigenvalue weighted by molar-refractivity contribution is -0.146. The highest BCUT2D eigenvalue weighted by molar-refractivity contribution is 6.39. The number of halogens is 2. The number of hydrogen-bond donors (Lipinski definition) is 0. The molecule has 0 saturated heterocycles. The fourth-order valence-electron chi connectivity index (χ4n) is 2.67. The summed E-state index contributed by atoms with van der Waals surface area (Å²) in [5.41, 5.74) is 1.90. The number of rotatable bonds is 9. The highest BCUT2D eigenvalue weighted by Crippen LogP contribution is 2.33. The zero-order valence-electron chi connectivity index (χ0n) is 17.2. The molecular formula is C20H25Cl2N3O4. The second-order valence-corrected chi connectivity index (χ2v) is 7.57. The van der Waals surface area contributed by atoms with E-state index in [1.807, 2.05) is 25.9 Å². The molecule has 9 heteroatoms. The van der Waals surface area contributed by atoms with Crippen molar-refractivity contribution in [1.82, 2.24) is 14.7 Å². The highest BCUT2D eigenvalue weighted by atomic mass is 35.5. The van der Waals surface area contributed by atoms with Gasteiger partial charge in [-0.05, 0) is 52.1 Å². The molecule has 0 aliphatic rings. The van der Waals surface area contributed by atoms with Crippen LogP contribution in [0.5, 0.6) is 5.88 Å². The van der Waals surface area contributed by atoms with Gasteiger partial charge in [0.05, 0.1) is 11.2 Å². The van der Waals surface area contributed by atoms with Gasteiger partial charge in [0.2, 0.25) is 11.7 Å². The van der Waals surface area contributed by atoms with Gasteiger partial charge in [0.1, 0.15) is 12.2 Å². The predicted molar refractivity (Wildman–Crippen MR) is 112 cm³/mol. The van der Waals surface area contributed by atoms with Gasteiger partial charge in [-0.25, -0.2) is 9.48 Å². The minimum Gasteiger partial charge on any atom is -0.465 e. The van der Waals surface area contributed by atoms with Crippen LogP contribution in [0.3, 0.4) is 0 Å². The molecular weight excluding hydrogens is 417 g/mol. The summed E-state index contributed by atoms with van der Waals surface area (Å²) in [6.45, 7) is 6.41. The van der Waals surface area contributed by atoms with E-state index in [0.717, 1.165) is 5.56 Å². The van der Waals surface area contributed by atoms with E-state index in [1.54, 1.807) is 19.9 Å². The monoisotopic (exact) mass is 441 g/mol.